The number of fused-ring (bicyclic) bond motifs is 1. The maximum absolute atomic E-state index is 14.0. The number of aliphatic hydroxyl groups excluding tert-OH is 2. The zero-order valence-corrected chi connectivity index (χ0v) is 65.5. The minimum atomic E-state index is -1.54. The number of hydrogen-bond donors (Lipinski definition) is 11. The highest BCUT2D eigenvalue weighted by molar-refractivity contribution is 5.85. The second kappa shape index (κ2) is 53.8. The van der Waals surface area contributed by atoms with Crippen molar-refractivity contribution in [2.24, 2.45) is 0 Å². The van der Waals surface area contributed by atoms with Gasteiger partial charge in [0.15, 0.2) is 30.4 Å². The summed E-state index contributed by atoms with van der Waals surface area (Å²) in [6.45, 7) is 6.72. The van der Waals surface area contributed by atoms with Crippen LogP contribution in [0.4, 0.5) is 4.39 Å². The second-order valence-electron chi connectivity index (χ2n) is 27.0. The minimum Gasteiger partial charge on any atom is -0.505 e. The predicted octanol–water partition coefficient (Wildman–Crippen LogP) is -0.959. The molecule has 2 aromatic heterocycles. The van der Waals surface area contributed by atoms with Gasteiger partial charge in [-0.15, -0.1) is 5.10 Å². The van der Waals surface area contributed by atoms with E-state index in [1.54, 1.807) is 30.5 Å². The maximum atomic E-state index is 14.0. The number of nitrogens with one attached hydrogen (secondary N) is 8. The summed E-state index contributed by atoms with van der Waals surface area (Å²) >= 11 is 0. The maximum Gasteiger partial charge on any atom is 0.240 e. The molecule has 0 radical (unpaired) electrons. The molecule has 5 heterocycles. The number of pyridine rings is 1. The van der Waals surface area contributed by atoms with Gasteiger partial charge in [0.05, 0.1) is 219 Å². The summed E-state index contributed by atoms with van der Waals surface area (Å²) < 4.78 is 107. The summed E-state index contributed by atoms with van der Waals surface area (Å²) in [5, 5.41) is 60.6. The van der Waals surface area contributed by atoms with Gasteiger partial charge in [0, 0.05) is 97.0 Å². The molecule has 642 valence electrons. The minimum absolute atomic E-state index is 0.0239. The number of hydrogen-bond acceptors (Lipinski definition) is 30. The highest BCUT2D eigenvalue weighted by Gasteiger charge is 2.36. The van der Waals surface area contributed by atoms with Crippen molar-refractivity contribution in [3.05, 3.63) is 60.5 Å². The van der Waals surface area contributed by atoms with Gasteiger partial charge < -0.3 is 134 Å². The van der Waals surface area contributed by atoms with E-state index >= 15 is 0 Å². The van der Waals surface area contributed by atoms with Crippen LogP contribution >= 0.6 is 0 Å². The van der Waals surface area contributed by atoms with Gasteiger partial charge in [0.2, 0.25) is 47.3 Å². The van der Waals surface area contributed by atoms with E-state index in [1.807, 2.05) is 6.07 Å². The van der Waals surface area contributed by atoms with Gasteiger partial charge in [-0.25, -0.2) is 14.1 Å². The van der Waals surface area contributed by atoms with Crippen molar-refractivity contribution in [2.75, 3.05) is 191 Å². The van der Waals surface area contributed by atoms with Crippen molar-refractivity contribution in [1.82, 2.24) is 62.5 Å². The van der Waals surface area contributed by atoms with E-state index in [0.29, 0.717) is 47.8 Å². The number of ether oxygens (including phenoxy) is 16. The summed E-state index contributed by atoms with van der Waals surface area (Å²) in [5.41, 5.74) is 0.377. The van der Waals surface area contributed by atoms with Crippen molar-refractivity contribution >= 4 is 58.2 Å². The molecular formula is C75H113FN12O27. The number of carbonyl (C=O) groups excluding carboxylic acids is 8. The van der Waals surface area contributed by atoms with E-state index in [1.165, 1.54) is 37.6 Å². The zero-order chi connectivity index (χ0) is 82.3. The molecule has 0 spiro atoms. The van der Waals surface area contributed by atoms with Gasteiger partial charge in [0.1, 0.15) is 17.0 Å². The number of carbonyl (C=O) groups is 8. The van der Waals surface area contributed by atoms with Crippen LogP contribution in [0.2, 0.25) is 0 Å². The number of halogens is 1. The third kappa shape index (κ3) is 38.0. The lowest BCUT2D eigenvalue weighted by Gasteiger charge is -2.34. The van der Waals surface area contributed by atoms with Crippen molar-refractivity contribution in [3.63, 3.8) is 0 Å². The number of aliphatic hydroxyl groups is 2. The normalized spacial score (nSPS) is 18.9. The summed E-state index contributed by atoms with van der Waals surface area (Å²) in [4.78, 5) is 106. The molecule has 0 aliphatic carbocycles. The Balaban J connectivity index is 0.874. The van der Waals surface area contributed by atoms with Crippen molar-refractivity contribution in [1.29, 1.82) is 0 Å². The molecule has 1 unspecified atom stereocenters. The third-order valence-corrected chi connectivity index (χ3v) is 17.2. The Morgan fingerprint density at radius 1 is 0.513 bits per heavy atom. The fourth-order valence-corrected chi connectivity index (χ4v) is 11.7. The topological polar surface area (TPSA) is 485 Å². The molecule has 8 atom stereocenters. The van der Waals surface area contributed by atoms with Crippen LogP contribution in [0.1, 0.15) is 78.6 Å². The quantitative estimate of drug-likeness (QED) is 0.0237. The van der Waals surface area contributed by atoms with Crippen LogP contribution in [-0.4, -0.2) is 329 Å². The summed E-state index contributed by atoms with van der Waals surface area (Å²) in [7, 11) is 0. The van der Waals surface area contributed by atoms with Gasteiger partial charge >= 0.3 is 0 Å². The molecule has 3 fully saturated rings. The van der Waals surface area contributed by atoms with Crippen LogP contribution in [0.5, 0.6) is 11.5 Å². The molecule has 11 N–H and O–H groups in total. The number of phenols is 1. The van der Waals surface area contributed by atoms with E-state index in [4.69, 9.17) is 80.8 Å². The highest BCUT2D eigenvalue weighted by atomic mass is 19.1. The third-order valence-electron chi connectivity index (χ3n) is 17.2. The van der Waals surface area contributed by atoms with Gasteiger partial charge in [-0.2, -0.15) is 0 Å². The second-order valence-corrected chi connectivity index (χ2v) is 27.0. The molecule has 3 aliphatic rings. The molecule has 2 aromatic carbocycles. The number of aromatic nitrogens is 4. The smallest absolute Gasteiger partial charge is 0.240 e. The van der Waals surface area contributed by atoms with E-state index in [2.05, 4.69) is 52.8 Å². The van der Waals surface area contributed by atoms with Crippen LogP contribution in [0.25, 0.3) is 28.0 Å². The molecule has 7 rings (SSSR count). The number of phenolic OH excluding ortho intramolecular Hbond substituents is 1. The van der Waals surface area contributed by atoms with Gasteiger partial charge in [-0.1, -0.05) is 11.3 Å². The first-order valence-corrected chi connectivity index (χ1v) is 38.6. The molecule has 4 aromatic rings. The van der Waals surface area contributed by atoms with Crippen LogP contribution in [0.3, 0.4) is 0 Å². The average Bonchev–Trinajstić information content (AvgIpc) is 1.77. The van der Waals surface area contributed by atoms with Crippen molar-refractivity contribution in [2.45, 2.75) is 133 Å². The Hall–Kier alpha value is -8.40. The standard InChI is InChI=1S/C75H113FN12O27/c1-51(89)81-62-6-4-21-110-72(62)111-37-34-103-31-28-100-25-17-77-68(96)14-22-106-48-75(49-107-23-15-69(97)78-18-26-101-29-32-104-35-38-112-73-63(82-52(2)90)42-56(92)46-114-73,50-108-24-16-70(98)79-19-27-102-30-33-105-36-39-113-74-64(83-53(3)91)43-57(93)47-115-74)85-71(99)44-80-67(95)7-5-20-109-58-10-12-60-54(40-58)8-11-61(84-60)65-45-88(87-86-65)55-9-13-66(94)59(76)41-55/h8-13,40-41,45,56-57,62-64,72-74,92-94H,4-7,14-39,42-44,46-50H2,1-3H3,(H,77,96)(H,78,97)(H,79,98)(H,80,95)(H,81,89)(H,82,90)(H,83,91)(H,85,99)/t56-,57-,62-,63-,64-,72?,73-,74-/m1/s1. The van der Waals surface area contributed by atoms with Crippen LogP contribution in [0.15, 0.2) is 54.7 Å². The van der Waals surface area contributed by atoms with Crippen LogP contribution in [0, 0.1) is 5.82 Å². The first kappa shape index (κ1) is 93.8. The molecule has 3 aliphatic heterocycles. The Morgan fingerprint density at radius 2 is 0.991 bits per heavy atom. The number of rotatable bonds is 58. The van der Waals surface area contributed by atoms with Crippen LogP contribution in [-0.2, 0) is 109 Å². The first-order chi connectivity index (χ1) is 55.7. The molecule has 0 saturated carbocycles. The lowest BCUT2D eigenvalue weighted by Crippen LogP contribution is -2.60. The molecule has 3 saturated heterocycles. The largest absolute Gasteiger partial charge is 0.505 e. The Bertz CT molecular complexity index is 3490. The first-order valence-electron chi connectivity index (χ1n) is 38.6. The lowest BCUT2D eigenvalue weighted by atomic mass is 10.0. The predicted molar refractivity (Wildman–Crippen MR) is 403 cm³/mol. The molecule has 8 amide bonds. The van der Waals surface area contributed by atoms with Crippen molar-refractivity contribution < 1.29 is 134 Å². The highest BCUT2D eigenvalue weighted by Crippen LogP contribution is 2.26. The molecular weight excluding hydrogens is 1520 g/mol. The van der Waals surface area contributed by atoms with E-state index in [0.717, 1.165) is 24.3 Å². The molecule has 39 nitrogen and oxygen atoms in total. The fourth-order valence-electron chi connectivity index (χ4n) is 11.7. The van der Waals surface area contributed by atoms with E-state index < -0.39 is 78.6 Å². The Labute approximate surface area is 665 Å². The Morgan fingerprint density at radius 3 is 1.50 bits per heavy atom. The number of amides is 8. The van der Waals surface area contributed by atoms with Crippen LogP contribution < -0.4 is 47.3 Å². The van der Waals surface area contributed by atoms with Gasteiger partial charge in [-0.05, 0) is 55.7 Å². The molecule has 115 heavy (non-hydrogen) atoms. The number of aromatic hydroxyl groups is 1. The average molecular weight is 1630 g/mol. The van der Waals surface area contributed by atoms with Crippen molar-refractivity contribution in [3.8, 4) is 28.6 Å². The fraction of sp³-hybridized carbons (Fsp3) is 0.667. The molecule has 0 bridgehead atoms. The lowest BCUT2D eigenvalue weighted by molar-refractivity contribution is -0.206. The summed E-state index contributed by atoms with van der Waals surface area (Å²) in [6.07, 6.45) is 0.142. The monoisotopic (exact) mass is 1630 g/mol. The van der Waals surface area contributed by atoms with Gasteiger partial charge in [0.25, 0.3) is 0 Å². The SMILES string of the molecule is CC(=O)N[C@@H]1CCCOC1OCCOCCOCCNC(=O)CCOCC(COCCC(=O)NCCOCCOCCO[C@@H]1OC[C@H](O)C[C@H]1NC(C)=O)(COCCC(=O)NCCOCCOCCO[C@@H]1OC[C@H](O)C[C@H]1NC(C)=O)NC(=O)CNC(=O)CCCOc1ccc2nc(-c3cn(-c4ccc(O)c(F)c4)nn3)ccc2c1. The molecule has 40 heteroatoms. The Kier molecular flexibility index (Phi) is 43.8. The van der Waals surface area contributed by atoms with Gasteiger partial charge in [-0.3, -0.25) is 38.4 Å². The summed E-state index contributed by atoms with van der Waals surface area (Å²) in [5.74, 6) is -3.77. The number of benzene rings is 2. The zero-order valence-electron chi connectivity index (χ0n) is 65.5. The van der Waals surface area contributed by atoms with E-state index in [-0.39, 0.29) is 252 Å². The summed E-state index contributed by atoms with van der Waals surface area (Å²) in [6, 6.07) is 11.4. The van der Waals surface area contributed by atoms with E-state index in [9.17, 15) is 58.1 Å². The number of nitrogens with zero attached hydrogens (tertiary/aromatic N) is 4.